The third kappa shape index (κ3) is 2.66. The molecule has 2 aromatic carbocycles. The van der Waals surface area contributed by atoms with Crippen LogP contribution in [0.15, 0.2) is 54.7 Å². The van der Waals surface area contributed by atoms with Crippen LogP contribution in [-0.4, -0.2) is 34.0 Å². The number of aromatic nitrogens is 1. The number of nitrogens with zero attached hydrogens (tertiary/aromatic N) is 2. The van der Waals surface area contributed by atoms with Gasteiger partial charge < -0.3 is 10.0 Å². The zero-order valence-corrected chi connectivity index (χ0v) is 13.5. The van der Waals surface area contributed by atoms with Gasteiger partial charge in [-0.15, -0.1) is 0 Å². The Morgan fingerprint density at radius 1 is 1.24 bits per heavy atom. The van der Waals surface area contributed by atoms with E-state index >= 15 is 0 Å². The smallest absolute Gasteiger partial charge is 0.256 e. The molecule has 0 bridgehead atoms. The molecule has 0 spiro atoms. The monoisotopic (exact) mass is 336 g/mol. The molecule has 0 radical (unpaired) electrons. The van der Waals surface area contributed by atoms with Gasteiger partial charge in [0, 0.05) is 18.1 Å². The number of halogens is 1. The van der Waals surface area contributed by atoms with E-state index in [2.05, 4.69) is 4.98 Å². The van der Waals surface area contributed by atoms with Crippen LogP contribution in [-0.2, 0) is 6.42 Å². The van der Waals surface area contributed by atoms with Crippen LogP contribution < -0.4 is 0 Å². The summed E-state index contributed by atoms with van der Waals surface area (Å²) in [7, 11) is 0. The zero-order valence-electron chi connectivity index (χ0n) is 13.5. The van der Waals surface area contributed by atoms with Gasteiger partial charge in [0.1, 0.15) is 5.82 Å². The molecule has 3 aromatic rings. The molecule has 1 aliphatic rings. The van der Waals surface area contributed by atoms with Crippen molar-refractivity contribution in [1.29, 1.82) is 0 Å². The number of amides is 1. The van der Waals surface area contributed by atoms with E-state index in [1.807, 2.05) is 24.3 Å². The number of benzene rings is 2. The summed E-state index contributed by atoms with van der Waals surface area (Å²) < 4.78 is 14.0. The lowest BCUT2D eigenvalue weighted by Gasteiger charge is -2.36. The van der Waals surface area contributed by atoms with Gasteiger partial charge in [-0.2, -0.15) is 0 Å². The molecule has 0 saturated heterocycles. The second kappa shape index (κ2) is 6.26. The summed E-state index contributed by atoms with van der Waals surface area (Å²) in [6.07, 6.45) is 2.30. The second-order valence-electron chi connectivity index (χ2n) is 6.17. The number of fused-ring (bicyclic) bond motifs is 2. The fourth-order valence-electron chi connectivity index (χ4n) is 3.57. The predicted molar refractivity (Wildman–Crippen MR) is 92.7 cm³/mol. The van der Waals surface area contributed by atoms with Crippen molar-refractivity contribution in [2.45, 2.75) is 12.5 Å². The Labute approximate surface area is 144 Å². The van der Waals surface area contributed by atoms with Gasteiger partial charge in [-0.3, -0.25) is 9.78 Å². The summed E-state index contributed by atoms with van der Waals surface area (Å²) >= 11 is 0. The number of rotatable bonds is 2. The van der Waals surface area contributed by atoms with E-state index in [9.17, 15) is 14.3 Å². The summed E-state index contributed by atoms with van der Waals surface area (Å²) in [5.41, 5.74) is 2.78. The third-order valence-electron chi connectivity index (χ3n) is 4.75. The molecule has 1 amide bonds. The Balaban J connectivity index is 1.79. The van der Waals surface area contributed by atoms with E-state index in [1.54, 1.807) is 23.2 Å². The van der Waals surface area contributed by atoms with Crippen molar-refractivity contribution in [2.75, 3.05) is 13.2 Å². The van der Waals surface area contributed by atoms with Crippen molar-refractivity contribution in [3.63, 3.8) is 0 Å². The SMILES string of the molecule is O=C(c1cc(F)cc2cccnc12)N1CCc2ccccc2[C@@H]1CO. The van der Waals surface area contributed by atoms with Crippen molar-refractivity contribution in [1.82, 2.24) is 9.88 Å². The van der Waals surface area contributed by atoms with Crippen LogP contribution in [0.2, 0.25) is 0 Å². The molecular formula is C20H17FN2O2. The molecule has 4 nitrogen and oxygen atoms in total. The Hall–Kier alpha value is -2.79. The van der Waals surface area contributed by atoms with Crippen LogP contribution in [0.3, 0.4) is 0 Å². The molecule has 5 heteroatoms. The molecule has 1 aromatic heterocycles. The average Bonchev–Trinajstić information content (AvgIpc) is 2.65. The van der Waals surface area contributed by atoms with Gasteiger partial charge in [0.15, 0.2) is 0 Å². The van der Waals surface area contributed by atoms with Crippen molar-refractivity contribution in [3.05, 3.63) is 77.2 Å². The van der Waals surface area contributed by atoms with Crippen LogP contribution >= 0.6 is 0 Å². The summed E-state index contributed by atoms with van der Waals surface area (Å²) in [6, 6.07) is 13.4. The van der Waals surface area contributed by atoms with Crippen molar-refractivity contribution < 1.29 is 14.3 Å². The molecule has 0 saturated carbocycles. The lowest BCUT2D eigenvalue weighted by molar-refractivity contribution is 0.0570. The first-order valence-corrected chi connectivity index (χ1v) is 8.23. The molecule has 1 aliphatic heterocycles. The van der Waals surface area contributed by atoms with Gasteiger partial charge >= 0.3 is 0 Å². The lowest BCUT2D eigenvalue weighted by atomic mass is 9.92. The van der Waals surface area contributed by atoms with Gasteiger partial charge in [0.05, 0.1) is 23.7 Å². The van der Waals surface area contributed by atoms with E-state index < -0.39 is 11.9 Å². The summed E-state index contributed by atoms with van der Waals surface area (Å²) in [6.45, 7) is 0.301. The van der Waals surface area contributed by atoms with Crippen molar-refractivity contribution in [3.8, 4) is 0 Å². The topological polar surface area (TPSA) is 53.4 Å². The fraction of sp³-hybridized carbons (Fsp3) is 0.200. The van der Waals surface area contributed by atoms with Crippen LogP contribution in [0.4, 0.5) is 4.39 Å². The molecule has 4 rings (SSSR count). The van der Waals surface area contributed by atoms with Crippen molar-refractivity contribution in [2.24, 2.45) is 0 Å². The molecule has 0 unspecified atom stereocenters. The highest BCUT2D eigenvalue weighted by atomic mass is 19.1. The maximum Gasteiger partial charge on any atom is 0.256 e. The second-order valence-corrected chi connectivity index (χ2v) is 6.17. The van der Waals surface area contributed by atoms with Crippen LogP contribution in [0.5, 0.6) is 0 Å². The highest BCUT2D eigenvalue weighted by Crippen LogP contribution is 2.31. The van der Waals surface area contributed by atoms with Gasteiger partial charge in [-0.1, -0.05) is 30.3 Å². The Morgan fingerprint density at radius 2 is 2.08 bits per heavy atom. The number of carbonyl (C=O) groups excluding carboxylic acids is 1. The zero-order chi connectivity index (χ0) is 17.4. The highest BCUT2D eigenvalue weighted by molar-refractivity contribution is 6.05. The van der Waals surface area contributed by atoms with E-state index in [0.717, 1.165) is 11.1 Å². The van der Waals surface area contributed by atoms with Crippen LogP contribution in [0.1, 0.15) is 27.5 Å². The number of aliphatic hydroxyl groups is 1. The minimum atomic E-state index is -0.471. The highest BCUT2D eigenvalue weighted by Gasteiger charge is 2.31. The summed E-state index contributed by atoms with van der Waals surface area (Å²) in [4.78, 5) is 19.0. The predicted octanol–water partition coefficient (Wildman–Crippen LogP) is 3.11. The fourth-order valence-corrected chi connectivity index (χ4v) is 3.57. The minimum Gasteiger partial charge on any atom is -0.394 e. The van der Waals surface area contributed by atoms with E-state index in [4.69, 9.17) is 0 Å². The largest absolute Gasteiger partial charge is 0.394 e. The molecule has 25 heavy (non-hydrogen) atoms. The average molecular weight is 336 g/mol. The molecule has 2 heterocycles. The Kier molecular flexibility index (Phi) is 3.93. The molecule has 0 aliphatic carbocycles. The van der Waals surface area contributed by atoms with Gasteiger partial charge in [-0.25, -0.2) is 4.39 Å². The first kappa shape index (κ1) is 15.7. The van der Waals surface area contributed by atoms with E-state index in [1.165, 1.54) is 12.1 Å². The Bertz CT molecular complexity index is 957. The molecule has 126 valence electrons. The van der Waals surface area contributed by atoms with Crippen LogP contribution in [0.25, 0.3) is 10.9 Å². The minimum absolute atomic E-state index is 0.177. The summed E-state index contributed by atoms with van der Waals surface area (Å²) in [5.74, 6) is -0.779. The first-order chi connectivity index (χ1) is 12.2. The molecule has 1 N–H and O–H groups in total. The molecule has 0 fully saturated rings. The van der Waals surface area contributed by atoms with E-state index in [-0.39, 0.29) is 18.1 Å². The summed E-state index contributed by atoms with van der Waals surface area (Å²) in [5, 5.41) is 10.5. The number of hydrogen-bond acceptors (Lipinski definition) is 3. The van der Waals surface area contributed by atoms with Gasteiger partial charge in [0.25, 0.3) is 5.91 Å². The van der Waals surface area contributed by atoms with Gasteiger partial charge in [0.2, 0.25) is 0 Å². The molecule has 1 atom stereocenters. The number of pyridine rings is 1. The maximum atomic E-state index is 14.0. The van der Waals surface area contributed by atoms with Gasteiger partial charge in [-0.05, 0) is 35.7 Å². The lowest BCUT2D eigenvalue weighted by Crippen LogP contribution is -2.41. The first-order valence-electron chi connectivity index (χ1n) is 8.23. The number of aliphatic hydroxyl groups excluding tert-OH is 1. The quantitative estimate of drug-likeness (QED) is 0.782. The normalized spacial score (nSPS) is 16.7. The van der Waals surface area contributed by atoms with Crippen LogP contribution in [0, 0.1) is 5.82 Å². The molecular weight excluding hydrogens is 319 g/mol. The maximum absolute atomic E-state index is 14.0. The van der Waals surface area contributed by atoms with Crippen molar-refractivity contribution >= 4 is 16.8 Å². The Morgan fingerprint density at radius 3 is 2.92 bits per heavy atom. The number of carbonyl (C=O) groups is 1. The number of hydrogen-bond donors (Lipinski definition) is 1. The van der Waals surface area contributed by atoms with E-state index in [0.29, 0.717) is 23.9 Å². The standard InChI is InChI=1S/C20H17FN2O2/c21-15-10-14-5-3-8-22-19(14)17(11-15)20(25)23-9-7-13-4-1-2-6-16(13)18(23)12-24/h1-6,8,10-11,18,24H,7,9,12H2/t18-/m0/s1. The third-order valence-corrected chi connectivity index (χ3v) is 4.75.